The van der Waals surface area contributed by atoms with E-state index in [4.69, 9.17) is 9.47 Å². The molecule has 0 rings (SSSR count). The second kappa shape index (κ2) is 37.6. The summed E-state index contributed by atoms with van der Waals surface area (Å²) in [7, 11) is 0. The van der Waals surface area contributed by atoms with E-state index in [1.807, 2.05) is 0 Å². The van der Waals surface area contributed by atoms with E-state index in [1.54, 1.807) is 0 Å². The maximum absolute atomic E-state index is 12.2. The summed E-state index contributed by atoms with van der Waals surface area (Å²) in [5.41, 5.74) is 0. The lowest BCUT2D eigenvalue weighted by Crippen LogP contribution is -2.28. The van der Waals surface area contributed by atoms with Crippen LogP contribution in [0.5, 0.6) is 0 Å². The van der Waals surface area contributed by atoms with Gasteiger partial charge in [-0.25, -0.2) is 0 Å². The molecule has 268 valence electrons. The lowest BCUT2D eigenvalue weighted by molar-refractivity contribution is -0.161. The molecule has 0 aliphatic carbocycles. The molecule has 0 saturated heterocycles. The van der Waals surface area contributed by atoms with Gasteiger partial charge in [0.1, 0.15) is 6.61 Å². The fraction of sp³-hybridized carbons (Fsp3) is 0.805. The Morgan fingerprint density at radius 2 is 0.870 bits per heavy atom. The lowest BCUT2D eigenvalue weighted by Gasteiger charge is -2.15. The van der Waals surface area contributed by atoms with Crippen LogP contribution in [0.1, 0.15) is 194 Å². The van der Waals surface area contributed by atoms with Crippen LogP contribution in [0, 0.1) is 0 Å². The molecule has 0 saturated carbocycles. The molecule has 0 aromatic rings. The number of hydrogen-bond acceptors (Lipinski definition) is 5. The molecule has 0 aromatic heterocycles. The fourth-order valence-electron chi connectivity index (χ4n) is 5.44. The van der Waals surface area contributed by atoms with Crippen LogP contribution >= 0.6 is 0 Å². The van der Waals surface area contributed by atoms with Gasteiger partial charge in [-0.2, -0.15) is 0 Å². The van der Waals surface area contributed by atoms with Crippen molar-refractivity contribution in [2.75, 3.05) is 13.2 Å². The highest BCUT2D eigenvalue weighted by atomic mass is 16.6. The monoisotopic (exact) mass is 647 g/mol. The van der Waals surface area contributed by atoms with Gasteiger partial charge in [-0.3, -0.25) is 9.59 Å². The first kappa shape index (κ1) is 44.1. The predicted molar refractivity (Wildman–Crippen MR) is 196 cm³/mol. The van der Waals surface area contributed by atoms with Gasteiger partial charge in [-0.15, -0.1) is 0 Å². The Balaban J connectivity index is 3.58. The highest BCUT2D eigenvalue weighted by Gasteiger charge is 2.16. The topological polar surface area (TPSA) is 72.8 Å². The molecule has 0 fully saturated rings. The SMILES string of the molecule is CCCCC/C=C\C/C=C\C/C=C\CCCCCCCCC(=O)OC(CO)COC(=O)CCCCCCCCCCCCCCC. The highest BCUT2D eigenvalue weighted by Crippen LogP contribution is 2.14. The molecule has 0 bridgehead atoms. The molecule has 1 N–H and O–H groups in total. The van der Waals surface area contributed by atoms with Crippen LogP contribution in [-0.4, -0.2) is 36.4 Å². The van der Waals surface area contributed by atoms with Crippen LogP contribution in [-0.2, 0) is 19.1 Å². The smallest absolute Gasteiger partial charge is 0.306 e. The number of unbranched alkanes of at least 4 members (excludes halogenated alkanes) is 21. The fourth-order valence-corrected chi connectivity index (χ4v) is 5.44. The van der Waals surface area contributed by atoms with Crippen LogP contribution in [0.4, 0.5) is 0 Å². The number of aliphatic hydroxyl groups is 1. The number of esters is 2. The van der Waals surface area contributed by atoms with Crippen molar-refractivity contribution in [1.82, 2.24) is 0 Å². The minimum Gasteiger partial charge on any atom is -0.462 e. The molecule has 46 heavy (non-hydrogen) atoms. The van der Waals surface area contributed by atoms with Crippen molar-refractivity contribution in [1.29, 1.82) is 0 Å². The first-order valence-electron chi connectivity index (χ1n) is 19.5. The number of carbonyl (C=O) groups is 2. The molecule has 1 atom stereocenters. The van der Waals surface area contributed by atoms with E-state index in [0.29, 0.717) is 12.8 Å². The van der Waals surface area contributed by atoms with Gasteiger partial charge in [-0.1, -0.05) is 166 Å². The zero-order valence-electron chi connectivity index (χ0n) is 30.3. The molecule has 0 radical (unpaired) electrons. The van der Waals surface area contributed by atoms with Crippen molar-refractivity contribution in [2.45, 2.75) is 200 Å². The molecule has 5 nitrogen and oxygen atoms in total. The van der Waals surface area contributed by atoms with Crippen molar-refractivity contribution in [3.05, 3.63) is 36.5 Å². The zero-order valence-corrected chi connectivity index (χ0v) is 30.3. The molecular weight excluding hydrogens is 572 g/mol. The molecule has 0 heterocycles. The Labute approximate surface area is 285 Å². The maximum Gasteiger partial charge on any atom is 0.306 e. The Kier molecular flexibility index (Phi) is 36.0. The van der Waals surface area contributed by atoms with Gasteiger partial charge in [-0.05, 0) is 51.4 Å². The summed E-state index contributed by atoms with van der Waals surface area (Å²) < 4.78 is 10.6. The van der Waals surface area contributed by atoms with Gasteiger partial charge in [0.25, 0.3) is 0 Å². The molecule has 1 unspecified atom stereocenters. The van der Waals surface area contributed by atoms with Crippen molar-refractivity contribution in [3.8, 4) is 0 Å². The van der Waals surface area contributed by atoms with Gasteiger partial charge in [0.2, 0.25) is 0 Å². The van der Waals surface area contributed by atoms with Crippen LogP contribution in [0.3, 0.4) is 0 Å². The number of allylic oxidation sites excluding steroid dienone is 6. The summed E-state index contributed by atoms with van der Waals surface area (Å²) in [5.74, 6) is -0.602. The average molecular weight is 647 g/mol. The van der Waals surface area contributed by atoms with Crippen LogP contribution < -0.4 is 0 Å². The number of carbonyl (C=O) groups excluding carboxylic acids is 2. The zero-order chi connectivity index (χ0) is 33.6. The van der Waals surface area contributed by atoms with Gasteiger partial charge >= 0.3 is 11.9 Å². The van der Waals surface area contributed by atoms with E-state index in [9.17, 15) is 14.7 Å². The Hall–Kier alpha value is -1.88. The van der Waals surface area contributed by atoms with Crippen molar-refractivity contribution in [2.24, 2.45) is 0 Å². The van der Waals surface area contributed by atoms with E-state index in [0.717, 1.165) is 57.8 Å². The molecule has 0 aromatic carbocycles. The summed E-state index contributed by atoms with van der Waals surface area (Å²) in [6, 6.07) is 0. The highest BCUT2D eigenvalue weighted by molar-refractivity contribution is 5.70. The lowest BCUT2D eigenvalue weighted by atomic mass is 10.0. The van der Waals surface area contributed by atoms with Crippen LogP contribution in [0.2, 0.25) is 0 Å². The van der Waals surface area contributed by atoms with Gasteiger partial charge in [0.15, 0.2) is 6.10 Å². The Bertz CT molecular complexity index is 741. The first-order chi connectivity index (χ1) is 22.6. The van der Waals surface area contributed by atoms with Crippen LogP contribution in [0.15, 0.2) is 36.5 Å². The standard InChI is InChI=1S/C41H74O5/c1-3-5-7-9-11-13-15-17-18-19-20-21-22-24-26-28-30-32-34-36-41(44)46-39(37-42)38-45-40(43)35-33-31-29-27-25-23-16-14-12-10-8-6-4-2/h11,13,17-18,20-21,39,42H,3-10,12,14-16,19,22-38H2,1-2H3/b13-11-,18-17-,21-20-. The summed E-state index contributed by atoms with van der Waals surface area (Å²) in [6.07, 6.45) is 44.8. The second-order valence-corrected chi connectivity index (χ2v) is 13.0. The molecule has 0 aliphatic heterocycles. The molecule has 0 aliphatic rings. The normalized spacial score (nSPS) is 12.5. The van der Waals surface area contributed by atoms with E-state index in [2.05, 4.69) is 50.3 Å². The Morgan fingerprint density at radius 1 is 0.500 bits per heavy atom. The molecule has 0 amide bonds. The average Bonchev–Trinajstić information content (AvgIpc) is 3.06. The van der Waals surface area contributed by atoms with E-state index >= 15 is 0 Å². The van der Waals surface area contributed by atoms with E-state index in [-0.39, 0.29) is 25.2 Å². The molecule has 5 heteroatoms. The van der Waals surface area contributed by atoms with Crippen molar-refractivity contribution < 1.29 is 24.2 Å². The van der Waals surface area contributed by atoms with E-state index < -0.39 is 6.10 Å². The minimum atomic E-state index is -0.774. The van der Waals surface area contributed by atoms with Crippen LogP contribution in [0.25, 0.3) is 0 Å². The summed E-state index contributed by atoms with van der Waals surface area (Å²) in [4.78, 5) is 24.2. The van der Waals surface area contributed by atoms with Gasteiger partial charge in [0.05, 0.1) is 6.61 Å². The largest absolute Gasteiger partial charge is 0.462 e. The predicted octanol–water partition coefficient (Wildman–Crippen LogP) is 12.1. The first-order valence-corrected chi connectivity index (χ1v) is 19.5. The minimum absolute atomic E-state index is 0.0687. The third-order valence-corrected chi connectivity index (χ3v) is 8.44. The number of hydrogen-bond donors (Lipinski definition) is 1. The molecular formula is C41H74O5. The van der Waals surface area contributed by atoms with E-state index in [1.165, 1.54) is 109 Å². The quantitative estimate of drug-likeness (QED) is 0.0421. The third kappa shape index (κ3) is 35.0. The van der Waals surface area contributed by atoms with Gasteiger partial charge in [0, 0.05) is 12.8 Å². The number of aliphatic hydroxyl groups excluding tert-OH is 1. The number of ether oxygens (including phenoxy) is 2. The summed E-state index contributed by atoms with van der Waals surface area (Å²) >= 11 is 0. The summed E-state index contributed by atoms with van der Waals surface area (Å²) in [6.45, 7) is 4.10. The summed E-state index contributed by atoms with van der Waals surface area (Å²) in [5, 5.41) is 9.54. The number of rotatable bonds is 35. The maximum atomic E-state index is 12.2. The third-order valence-electron chi connectivity index (χ3n) is 8.44. The molecule has 0 spiro atoms. The second-order valence-electron chi connectivity index (χ2n) is 13.0. The Morgan fingerprint density at radius 3 is 1.35 bits per heavy atom. The van der Waals surface area contributed by atoms with Crippen molar-refractivity contribution in [3.63, 3.8) is 0 Å². The van der Waals surface area contributed by atoms with Crippen molar-refractivity contribution >= 4 is 11.9 Å². The van der Waals surface area contributed by atoms with Gasteiger partial charge < -0.3 is 14.6 Å².